The molecule has 0 heterocycles. The van der Waals surface area contributed by atoms with Crippen LogP contribution in [-0.4, -0.2) is 12.1 Å². The fourth-order valence-electron chi connectivity index (χ4n) is 10.4. The standard InChI is InChI=1S/C38H66O2/c1-7-8-9-10-11-12-13-14-18-36(39)40-31-23-25-37(5)30(27-31)19-20-32-34-22-21-33(29(4)17-15-16-28(2)3)38(34,6)26-24-35(32)37/h19,28-29,31-35H,7-18,20-27H2,1-6H3/t29-,31+,32+,33+,34+,35+,37+,38-/m1/s1. The summed E-state index contributed by atoms with van der Waals surface area (Å²) >= 11 is 0. The highest BCUT2D eigenvalue weighted by Crippen LogP contribution is 2.67. The lowest BCUT2D eigenvalue weighted by Gasteiger charge is -2.58. The van der Waals surface area contributed by atoms with E-state index in [1.54, 1.807) is 5.57 Å². The Morgan fingerprint density at radius 2 is 1.60 bits per heavy atom. The van der Waals surface area contributed by atoms with Gasteiger partial charge in [-0.05, 0) is 97.7 Å². The molecule has 0 aliphatic heterocycles. The summed E-state index contributed by atoms with van der Waals surface area (Å²) in [4.78, 5) is 12.7. The van der Waals surface area contributed by atoms with E-state index in [9.17, 15) is 4.79 Å². The van der Waals surface area contributed by atoms with Crippen LogP contribution in [0, 0.1) is 46.3 Å². The molecule has 2 nitrogen and oxygen atoms in total. The molecule has 0 N–H and O–H groups in total. The minimum Gasteiger partial charge on any atom is -0.462 e. The van der Waals surface area contributed by atoms with E-state index in [2.05, 4.69) is 47.6 Å². The zero-order valence-electron chi connectivity index (χ0n) is 27.6. The number of unbranched alkanes of at least 4 members (excludes halogenated alkanes) is 7. The SMILES string of the molecule is CCCCCCCCCCC(=O)O[C@H]1CC[C@@]2(C)C(=CC[C@H]3[C@@H]4CC[C@@H]([C@H](C)CCCC(C)C)[C@@]4(C)CC[C@@H]32)C1. The Kier molecular flexibility index (Phi) is 11.7. The summed E-state index contributed by atoms with van der Waals surface area (Å²) in [7, 11) is 0. The molecule has 4 aliphatic carbocycles. The first kappa shape index (κ1) is 32.1. The van der Waals surface area contributed by atoms with Crippen molar-refractivity contribution in [3.05, 3.63) is 11.6 Å². The second-order valence-corrected chi connectivity index (χ2v) is 15.9. The molecule has 0 aromatic carbocycles. The van der Waals surface area contributed by atoms with Crippen LogP contribution in [-0.2, 0) is 9.53 Å². The van der Waals surface area contributed by atoms with E-state index >= 15 is 0 Å². The number of hydrogen-bond donors (Lipinski definition) is 0. The maximum absolute atomic E-state index is 12.7. The Labute approximate surface area is 249 Å². The molecular weight excluding hydrogens is 488 g/mol. The maximum atomic E-state index is 12.7. The molecule has 0 aromatic rings. The molecule has 0 unspecified atom stereocenters. The van der Waals surface area contributed by atoms with Gasteiger partial charge in [-0.15, -0.1) is 0 Å². The molecule has 4 rings (SSSR count). The lowest BCUT2D eigenvalue weighted by Crippen LogP contribution is -2.51. The van der Waals surface area contributed by atoms with Gasteiger partial charge in [-0.3, -0.25) is 4.79 Å². The van der Waals surface area contributed by atoms with Gasteiger partial charge in [0.25, 0.3) is 0 Å². The summed E-state index contributed by atoms with van der Waals surface area (Å²) in [6.45, 7) is 14.9. The molecule has 0 radical (unpaired) electrons. The van der Waals surface area contributed by atoms with Gasteiger partial charge in [0.1, 0.15) is 6.10 Å². The number of allylic oxidation sites excluding steroid dienone is 1. The van der Waals surface area contributed by atoms with Crippen LogP contribution < -0.4 is 0 Å². The lowest BCUT2D eigenvalue weighted by atomic mass is 9.47. The fourth-order valence-corrected chi connectivity index (χ4v) is 10.4. The van der Waals surface area contributed by atoms with Gasteiger partial charge >= 0.3 is 5.97 Å². The second-order valence-electron chi connectivity index (χ2n) is 15.9. The van der Waals surface area contributed by atoms with Crippen molar-refractivity contribution in [1.29, 1.82) is 0 Å². The molecule has 230 valence electrons. The zero-order valence-corrected chi connectivity index (χ0v) is 27.6. The first-order chi connectivity index (χ1) is 19.2. The van der Waals surface area contributed by atoms with E-state index in [0.29, 0.717) is 17.3 Å². The number of fused-ring (bicyclic) bond motifs is 5. The van der Waals surface area contributed by atoms with Gasteiger partial charge in [0, 0.05) is 12.8 Å². The number of esters is 1. The van der Waals surface area contributed by atoms with E-state index < -0.39 is 0 Å². The van der Waals surface area contributed by atoms with Gasteiger partial charge < -0.3 is 4.74 Å². The first-order valence-corrected chi connectivity index (χ1v) is 18.1. The number of hydrogen-bond acceptors (Lipinski definition) is 2. The van der Waals surface area contributed by atoms with E-state index in [0.717, 1.165) is 54.8 Å². The molecule has 3 saturated carbocycles. The predicted molar refractivity (Wildman–Crippen MR) is 170 cm³/mol. The normalized spacial score (nSPS) is 36.0. The Balaban J connectivity index is 1.26. The fraction of sp³-hybridized carbons (Fsp3) is 0.921. The highest BCUT2D eigenvalue weighted by Gasteiger charge is 2.59. The average Bonchev–Trinajstić information content (AvgIpc) is 3.27. The second kappa shape index (κ2) is 14.6. The number of carbonyl (C=O) groups is 1. The molecule has 0 aromatic heterocycles. The number of ether oxygens (including phenoxy) is 1. The van der Waals surface area contributed by atoms with E-state index in [1.165, 1.54) is 103 Å². The summed E-state index contributed by atoms with van der Waals surface area (Å²) in [6, 6.07) is 0. The Morgan fingerprint density at radius 1 is 0.875 bits per heavy atom. The maximum Gasteiger partial charge on any atom is 0.306 e. The van der Waals surface area contributed by atoms with Gasteiger partial charge in [-0.25, -0.2) is 0 Å². The molecule has 0 spiro atoms. The van der Waals surface area contributed by atoms with E-state index in [1.807, 2.05) is 0 Å². The summed E-state index contributed by atoms with van der Waals surface area (Å²) < 4.78 is 6.07. The zero-order chi connectivity index (χ0) is 28.8. The molecule has 0 amide bonds. The van der Waals surface area contributed by atoms with E-state index in [4.69, 9.17) is 4.74 Å². The Bertz CT molecular complexity index is 827. The van der Waals surface area contributed by atoms with Gasteiger partial charge in [0.2, 0.25) is 0 Å². The van der Waals surface area contributed by atoms with Crippen molar-refractivity contribution < 1.29 is 9.53 Å². The largest absolute Gasteiger partial charge is 0.462 e. The summed E-state index contributed by atoms with van der Waals surface area (Å²) in [5.74, 6) is 5.34. The van der Waals surface area contributed by atoms with Crippen LogP contribution in [0.4, 0.5) is 0 Å². The molecule has 0 bridgehead atoms. The van der Waals surface area contributed by atoms with Crippen LogP contribution in [0.15, 0.2) is 11.6 Å². The molecule has 2 heteroatoms. The van der Waals surface area contributed by atoms with Gasteiger partial charge in [-0.1, -0.05) is 117 Å². The summed E-state index contributed by atoms with van der Waals surface area (Å²) in [5, 5.41) is 0. The highest BCUT2D eigenvalue weighted by molar-refractivity contribution is 5.69. The molecule has 3 fully saturated rings. The monoisotopic (exact) mass is 555 g/mol. The topological polar surface area (TPSA) is 26.3 Å². The third kappa shape index (κ3) is 7.40. The van der Waals surface area contributed by atoms with Gasteiger partial charge in [0.15, 0.2) is 0 Å². The molecule has 40 heavy (non-hydrogen) atoms. The molecule has 0 saturated heterocycles. The van der Waals surface area contributed by atoms with Gasteiger partial charge in [-0.2, -0.15) is 0 Å². The average molecular weight is 555 g/mol. The van der Waals surface area contributed by atoms with Crippen LogP contribution >= 0.6 is 0 Å². The summed E-state index contributed by atoms with van der Waals surface area (Å²) in [5.41, 5.74) is 2.54. The van der Waals surface area contributed by atoms with Crippen LogP contribution in [0.2, 0.25) is 0 Å². The smallest absolute Gasteiger partial charge is 0.306 e. The quantitative estimate of drug-likeness (QED) is 0.114. The van der Waals surface area contributed by atoms with Crippen molar-refractivity contribution in [2.75, 3.05) is 0 Å². The third-order valence-electron chi connectivity index (χ3n) is 12.8. The molecule has 8 atom stereocenters. The van der Waals surface area contributed by atoms with Crippen LogP contribution in [0.5, 0.6) is 0 Å². The van der Waals surface area contributed by atoms with Crippen LogP contribution in [0.1, 0.15) is 170 Å². The molecule has 4 aliphatic rings. The van der Waals surface area contributed by atoms with Crippen LogP contribution in [0.25, 0.3) is 0 Å². The predicted octanol–water partition coefficient (Wildman–Crippen LogP) is 11.5. The first-order valence-electron chi connectivity index (χ1n) is 18.1. The number of rotatable bonds is 15. The van der Waals surface area contributed by atoms with Crippen molar-refractivity contribution in [2.24, 2.45) is 46.3 Å². The molecular formula is C38H66O2. The summed E-state index contributed by atoms with van der Waals surface area (Å²) in [6.07, 6.45) is 28.1. The van der Waals surface area contributed by atoms with Gasteiger partial charge in [0.05, 0.1) is 0 Å². The number of carbonyl (C=O) groups excluding carboxylic acids is 1. The van der Waals surface area contributed by atoms with E-state index in [-0.39, 0.29) is 12.1 Å². The van der Waals surface area contributed by atoms with Crippen molar-refractivity contribution in [3.8, 4) is 0 Å². The minimum absolute atomic E-state index is 0.0572. The van der Waals surface area contributed by atoms with Crippen LogP contribution in [0.3, 0.4) is 0 Å². The lowest BCUT2D eigenvalue weighted by molar-refractivity contribution is -0.151. The Hall–Kier alpha value is -0.790. The van der Waals surface area contributed by atoms with Crippen molar-refractivity contribution in [1.82, 2.24) is 0 Å². The van der Waals surface area contributed by atoms with Crippen molar-refractivity contribution >= 4 is 5.97 Å². The minimum atomic E-state index is 0.0572. The van der Waals surface area contributed by atoms with Crippen molar-refractivity contribution in [2.45, 2.75) is 176 Å². The Morgan fingerprint density at radius 3 is 2.33 bits per heavy atom. The van der Waals surface area contributed by atoms with Crippen molar-refractivity contribution in [3.63, 3.8) is 0 Å². The highest BCUT2D eigenvalue weighted by atomic mass is 16.5. The third-order valence-corrected chi connectivity index (χ3v) is 12.8.